The predicted octanol–water partition coefficient (Wildman–Crippen LogP) is 8.55. The van der Waals surface area contributed by atoms with Crippen LogP contribution in [-0.2, 0) is 0 Å². The lowest BCUT2D eigenvalue weighted by molar-refractivity contribution is 1.43. The highest BCUT2D eigenvalue weighted by Crippen LogP contribution is 2.48. The van der Waals surface area contributed by atoms with E-state index in [-0.39, 0.29) is 0 Å². The molecule has 0 amide bonds. The van der Waals surface area contributed by atoms with E-state index in [1.54, 1.807) is 22.7 Å². The Kier molecular flexibility index (Phi) is 3.92. The Morgan fingerprint density at radius 3 is 2.25 bits per heavy atom. The number of nitrogens with zero attached hydrogens (tertiary/aromatic N) is 2. The molecule has 2 aromatic heterocycles. The largest absolute Gasteiger partial charge is 0.244 e. The van der Waals surface area contributed by atoms with Crippen molar-refractivity contribution in [1.29, 1.82) is 0 Å². The first-order valence-electron chi connectivity index (χ1n) is 10.5. The Hall–Kier alpha value is -3.60. The minimum absolute atomic E-state index is 1.12. The monoisotopic (exact) mass is 444 g/mol. The quantitative estimate of drug-likeness (QED) is 0.219. The zero-order chi connectivity index (χ0) is 21.1. The lowest BCUT2D eigenvalue weighted by Crippen LogP contribution is -1.78. The maximum atomic E-state index is 4.47. The van der Waals surface area contributed by atoms with Crippen molar-refractivity contribution in [3.8, 4) is 21.7 Å². The number of benzene rings is 5. The van der Waals surface area contributed by atoms with E-state index < -0.39 is 0 Å². The van der Waals surface area contributed by atoms with Crippen molar-refractivity contribution >= 4 is 65.2 Å². The molecule has 1 aliphatic rings. The SMILES string of the molecule is c1cc2c3c(cccc3c1)-c1scnc1-2.c1ccc2c(c1)ccc1c2ccc2scnc21. The average molecular weight is 445 g/mol. The Morgan fingerprint density at radius 2 is 1.31 bits per heavy atom. The average Bonchev–Trinajstić information content (AvgIpc) is 3.58. The van der Waals surface area contributed by atoms with Crippen molar-refractivity contribution in [2.45, 2.75) is 0 Å². The Balaban J connectivity index is 0.000000114. The summed E-state index contributed by atoms with van der Waals surface area (Å²) in [6.07, 6.45) is 0. The van der Waals surface area contributed by atoms with Crippen LogP contribution in [0.3, 0.4) is 0 Å². The Morgan fingerprint density at radius 1 is 0.531 bits per heavy atom. The highest BCUT2D eigenvalue weighted by atomic mass is 32.1. The minimum atomic E-state index is 1.12. The molecule has 4 heteroatoms. The summed E-state index contributed by atoms with van der Waals surface area (Å²) < 4.78 is 1.26. The smallest absolute Gasteiger partial charge is 0.0897 e. The first-order chi connectivity index (χ1) is 15.9. The molecule has 0 saturated heterocycles. The summed E-state index contributed by atoms with van der Waals surface area (Å²) in [5.74, 6) is 0. The lowest BCUT2D eigenvalue weighted by atomic mass is 10.0. The second-order valence-corrected chi connectivity index (χ2v) is 9.63. The van der Waals surface area contributed by atoms with E-state index in [1.807, 2.05) is 11.0 Å². The van der Waals surface area contributed by atoms with Gasteiger partial charge in [-0.1, -0.05) is 78.9 Å². The van der Waals surface area contributed by atoms with Gasteiger partial charge in [0.05, 0.1) is 31.8 Å². The van der Waals surface area contributed by atoms with Crippen LogP contribution in [0.15, 0.2) is 96.0 Å². The second kappa shape index (κ2) is 6.95. The molecular weight excluding hydrogens is 428 g/mol. The van der Waals surface area contributed by atoms with Crippen molar-refractivity contribution in [3.63, 3.8) is 0 Å². The predicted molar refractivity (Wildman–Crippen MR) is 139 cm³/mol. The Labute approximate surface area is 192 Å². The molecular formula is C28H16N2S2. The first-order valence-corrected chi connectivity index (χ1v) is 12.2. The number of aromatic nitrogens is 2. The zero-order valence-corrected chi connectivity index (χ0v) is 18.6. The van der Waals surface area contributed by atoms with Gasteiger partial charge in [-0.3, -0.25) is 0 Å². The van der Waals surface area contributed by atoms with Crippen LogP contribution in [0.4, 0.5) is 0 Å². The highest BCUT2D eigenvalue weighted by Gasteiger charge is 2.22. The van der Waals surface area contributed by atoms with Gasteiger partial charge in [0.25, 0.3) is 0 Å². The van der Waals surface area contributed by atoms with E-state index in [0.29, 0.717) is 0 Å². The minimum Gasteiger partial charge on any atom is -0.244 e. The lowest BCUT2D eigenvalue weighted by Gasteiger charge is -2.03. The molecule has 0 radical (unpaired) electrons. The van der Waals surface area contributed by atoms with Crippen LogP contribution in [0.25, 0.3) is 64.2 Å². The normalized spacial score (nSPS) is 11.8. The number of thiazole rings is 2. The molecule has 2 heterocycles. The van der Waals surface area contributed by atoms with Crippen molar-refractivity contribution in [1.82, 2.24) is 9.97 Å². The molecule has 5 aromatic carbocycles. The van der Waals surface area contributed by atoms with E-state index >= 15 is 0 Å². The molecule has 1 aliphatic carbocycles. The third-order valence-corrected chi connectivity index (χ3v) is 7.85. The summed E-state index contributed by atoms with van der Waals surface area (Å²) in [7, 11) is 0. The van der Waals surface area contributed by atoms with Crippen LogP contribution in [0, 0.1) is 0 Å². The molecule has 2 nitrogen and oxygen atoms in total. The van der Waals surface area contributed by atoms with Gasteiger partial charge in [0.1, 0.15) is 0 Å². The molecule has 7 aromatic rings. The number of fused-ring (bicyclic) bond motifs is 8. The molecule has 0 N–H and O–H groups in total. The molecule has 150 valence electrons. The van der Waals surface area contributed by atoms with E-state index in [2.05, 4.69) is 94.9 Å². The molecule has 8 rings (SSSR count). The fourth-order valence-corrected chi connectivity index (χ4v) is 6.30. The number of hydrogen-bond donors (Lipinski definition) is 0. The standard InChI is InChI=1S/C15H9NS.C13H7NS/c1-2-4-11-10(3-1)5-6-13-12(11)7-8-14-15(13)16-9-17-14;1-3-8-4-2-6-10-11(8)9(5-1)12-13(10)15-7-14-12/h1-9H;1-7H. The molecule has 32 heavy (non-hydrogen) atoms. The number of rotatable bonds is 0. The van der Waals surface area contributed by atoms with E-state index in [0.717, 1.165) is 11.2 Å². The topological polar surface area (TPSA) is 25.8 Å². The first kappa shape index (κ1) is 18.0. The summed E-state index contributed by atoms with van der Waals surface area (Å²) in [5, 5.41) is 7.82. The van der Waals surface area contributed by atoms with Gasteiger partial charge in [-0.25, -0.2) is 9.97 Å². The molecule has 0 bridgehead atoms. The van der Waals surface area contributed by atoms with Crippen LogP contribution in [-0.4, -0.2) is 9.97 Å². The van der Waals surface area contributed by atoms with Gasteiger partial charge in [0.15, 0.2) is 0 Å². The van der Waals surface area contributed by atoms with Gasteiger partial charge in [0.2, 0.25) is 0 Å². The summed E-state index contributed by atoms with van der Waals surface area (Å²) in [4.78, 5) is 10.2. The van der Waals surface area contributed by atoms with Crippen molar-refractivity contribution in [3.05, 3.63) is 96.0 Å². The van der Waals surface area contributed by atoms with Crippen LogP contribution < -0.4 is 0 Å². The molecule has 0 spiro atoms. The summed E-state index contributed by atoms with van der Waals surface area (Å²) in [5.41, 5.74) is 8.77. The maximum Gasteiger partial charge on any atom is 0.0897 e. The van der Waals surface area contributed by atoms with E-state index in [1.165, 1.54) is 53.0 Å². The van der Waals surface area contributed by atoms with Crippen molar-refractivity contribution < 1.29 is 0 Å². The van der Waals surface area contributed by atoms with Crippen molar-refractivity contribution in [2.75, 3.05) is 0 Å². The third-order valence-electron chi connectivity index (χ3n) is 6.19. The van der Waals surface area contributed by atoms with E-state index in [9.17, 15) is 0 Å². The summed E-state index contributed by atoms with van der Waals surface area (Å²) in [6.45, 7) is 0. The molecule has 0 fully saturated rings. The third kappa shape index (κ3) is 2.57. The fraction of sp³-hybridized carbons (Fsp3) is 0. The van der Waals surface area contributed by atoms with Gasteiger partial charge >= 0.3 is 0 Å². The molecule has 0 saturated carbocycles. The van der Waals surface area contributed by atoms with Crippen LogP contribution in [0.1, 0.15) is 0 Å². The fourth-order valence-electron chi connectivity index (χ4n) is 4.77. The zero-order valence-electron chi connectivity index (χ0n) is 16.9. The van der Waals surface area contributed by atoms with Crippen LogP contribution in [0.5, 0.6) is 0 Å². The van der Waals surface area contributed by atoms with Gasteiger partial charge < -0.3 is 0 Å². The summed E-state index contributed by atoms with van der Waals surface area (Å²) >= 11 is 3.43. The van der Waals surface area contributed by atoms with E-state index in [4.69, 9.17) is 0 Å². The van der Waals surface area contributed by atoms with Crippen LogP contribution >= 0.6 is 22.7 Å². The second-order valence-electron chi connectivity index (χ2n) is 7.89. The van der Waals surface area contributed by atoms with Crippen molar-refractivity contribution in [2.24, 2.45) is 0 Å². The number of hydrogen-bond acceptors (Lipinski definition) is 4. The Bertz CT molecular complexity index is 1740. The molecule has 0 unspecified atom stereocenters. The van der Waals surface area contributed by atoms with Gasteiger partial charge in [-0.15, -0.1) is 22.7 Å². The molecule has 0 atom stereocenters. The molecule has 0 aliphatic heterocycles. The highest BCUT2D eigenvalue weighted by molar-refractivity contribution is 7.16. The van der Waals surface area contributed by atoms with Crippen LogP contribution in [0.2, 0.25) is 0 Å². The maximum absolute atomic E-state index is 4.47. The van der Waals surface area contributed by atoms with Gasteiger partial charge in [-0.2, -0.15) is 0 Å². The van der Waals surface area contributed by atoms with Gasteiger partial charge in [-0.05, 0) is 33.0 Å². The van der Waals surface area contributed by atoms with Gasteiger partial charge in [0, 0.05) is 16.5 Å². The summed E-state index contributed by atoms with van der Waals surface area (Å²) in [6, 6.07) is 30.1.